The van der Waals surface area contributed by atoms with E-state index in [0.717, 1.165) is 11.1 Å². The highest BCUT2D eigenvalue weighted by molar-refractivity contribution is 6.36. The molecule has 24 heavy (non-hydrogen) atoms. The van der Waals surface area contributed by atoms with Crippen LogP contribution in [-0.4, -0.2) is 17.5 Å². The van der Waals surface area contributed by atoms with Gasteiger partial charge in [0.1, 0.15) is 0 Å². The van der Waals surface area contributed by atoms with Crippen LogP contribution in [0.5, 0.6) is 0 Å². The minimum atomic E-state index is -1.30. The Hall–Kier alpha value is -2.04. The minimum absolute atomic E-state index is 0.298. The number of hydrogen-bond acceptors (Lipinski definition) is 3. The van der Waals surface area contributed by atoms with Crippen LogP contribution in [0.15, 0.2) is 36.4 Å². The van der Waals surface area contributed by atoms with Crippen LogP contribution in [0.25, 0.3) is 0 Å². The van der Waals surface area contributed by atoms with E-state index in [-0.39, 0.29) is 0 Å². The molecular weight excluding hydrogens is 349 g/mol. The van der Waals surface area contributed by atoms with Crippen LogP contribution >= 0.6 is 23.2 Å². The first kappa shape index (κ1) is 16.8. The number of anilines is 1. The Kier molecular flexibility index (Phi) is 4.28. The van der Waals surface area contributed by atoms with E-state index in [1.165, 1.54) is 6.07 Å². The second kappa shape index (κ2) is 6.11. The van der Waals surface area contributed by atoms with Gasteiger partial charge in [0.25, 0.3) is 5.91 Å². The van der Waals surface area contributed by atoms with Crippen molar-refractivity contribution in [1.82, 2.24) is 0 Å². The molecule has 0 fully saturated rings. The maximum Gasteiger partial charge on any atom is 0.339 e. The molecule has 3 rings (SSSR count). The molecule has 0 aromatic heterocycles. The van der Waals surface area contributed by atoms with E-state index >= 15 is 0 Å². The van der Waals surface area contributed by atoms with Gasteiger partial charge in [0, 0.05) is 11.4 Å². The molecule has 1 atom stereocenters. The number of carbonyl (C=O) groups is 2. The smallest absolute Gasteiger partial charge is 0.339 e. The number of rotatable bonds is 2. The SMILES string of the molecule is Cc1ccc2c(c1)CC(C)(C(=O)Nc1ccc(Cl)cc1Cl)OC2=O. The molecule has 2 aromatic rings. The number of hydrogen-bond donors (Lipinski definition) is 1. The zero-order valence-corrected chi connectivity index (χ0v) is 14.7. The van der Waals surface area contributed by atoms with Crippen molar-refractivity contribution in [2.45, 2.75) is 25.9 Å². The maximum absolute atomic E-state index is 12.7. The molecule has 4 nitrogen and oxygen atoms in total. The number of benzene rings is 2. The average molecular weight is 364 g/mol. The lowest BCUT2D eigenvalue weighted by molar-refractivity contribution is -0.134. The third-order valence-corrected chi connectivity index (χ3v) is 4.53. The molecule has 1 N–H and O–H groups in total. The van der Waals surface area contributed by atoms with E-state index in [0.29, 0.717) is 27.7 Å². The summed E-state index contributed by atoms with van der Waals surface area (Å²) in [7, 11) is 0. The van der Waals surface area contributed by atoms with Gasteiger partial charge in [-0.3, -0.25) is 4.79 Å². The zero-order chi connectivity index (χ0) is 17.5. The predicted molar refractivity (Wildman–Crippen MR) is 93.8 cm³/mol. The predicted octanol–water partition coefficient (Wildman–Crippen LogP) is 4.41. The Morgan fingerprint density at radius 3 is 2.67 bits per heavy atom. The second-order valence-corrected chi connectivity index (χ2v) is 6.88. The van der Waals surface area contributed by atoms with Crippen molar-refractivity contribution in [3.63, 3.8) is 0 Å². The molecule has 1 amide bonds. The Morgan fingerprint density at radius 2 is 1.96 bits per heavy atom. The van der Waals surface area contributed by atoms with Crippen molar-refractivity contribution in [2.24, 2.45) is 0 Å². The van der Waals surface area contributed by atoms with Crippen molar-refractivity contribution in [1.29, 1.82) is 0 Å². The van der Waals surface area contributed by atoms with Gasteiger partial charge < -0.3 is 10.1 Å². The fourth-order valence-electron chi connectivity index (χ4n) is 2.70. The number of aryl methyl sites for hydroxylation is 1. The quantitative estimate of drug-likeness (QED) is 0.803. The first-order chi connectivity index (χ1) is 11.3. The van der Waals surface area contributed by atoms with E-state index < -0.39 is 17.5 Å². The van der Waals surface area contributed by atoms with Crippen LogP contribution < -0.4 is 5.32 Å². The molecule has 0 bridgehead atoms. The van der Waals surface area contributed by atoms with Crippen molar-refractivity contribution in [3.8, 4) is 0 Å². The standard InChI is InChI=1S/C18H15Cl2NO3/c1-10-3-5-13-11(7-10)9-18(2,24-16(13)22)17(23)21-15-6-4-12(19)8-14(15)20/h3-8H,9H2,1-2H3,(H,21,23). The van der Waals surface area contributed by atoms with Gasteiger partial charge in [0.05, 0.1) is 16.3 Å². The first-order valence-electron chi connectivity index (χ1n) is 7.38. The van der Waals surface area contributed by atoms with Crippen LogP contribution in [0, 0.1) is 6.92 Å². The molecular formula is C18H15Cl2NO3. The van der Waals surface area contributed by atoms with E-state index in [1.807, 2.05) is 19.1 Å². The van der Waals surface area contributed by atoms with Gasteiger partial charge in [-0.15, -0.1) is 0 Å². The van der Waals surface area contributed by atoms with Crippen molar-refractivity contribution < 1.29 is 14.3 Å². The second-order valence-electron chi connectivity index (χ2n) is 6.04. The number of esters is 1. The topological polar surface area (TPSA) is 55.4 Å². The fraction of sp³-hybridized carbons (Fsp3) is 0.222. The molecule has 0 spiro atoms. The molecule has 124 valence electrons. The maximum atomic E-state index is 12.7. The summed E-state index contributed by atoms with van der Waals surface area (Å²) in [6.07, 6.45) is 0.298. The van der Waals surface area contributed by atoms with Gasteiger partial charge in [-0.25, -0.2) is 4.79 Å². The highest BCUT2D eigenvalue weighted by Crippen LogP contribution is 2.31. The van der Waals surface area contributed by atoms with Crippen LogP contribution in [0.4, 0.5) is 5.69 Å². The van der Waals surface area contributed by atoms with Crippen LogP contribution in [0.1, 0.15) is 28.4 Å². The molecule has 0 radical (unpaired) electrons. The van der Waals surface area contributed by atoms with Crippen LogP contribution in [0.2, 0.25) is 10.0 Å². The molecule has 1 aliphatic rings. The van der Waals surface area contributed by atoms with Gasteiger partial charge in [-0.1, -0.05) is 40.9 Å². The highest BCUT2D eigenvalue weighted by Gasteiger charge is 2.42. The Morgan fingerprint density at radius 1 is 1.21 bits per heavy atom. The summed E-state index contributed by atoms with van der Waals surface area (Å²) in [6, 6.07) is 10.2. The third kappa shape index (κ3) is 3.12. The summed E-state index contributed by atoms with van der Waals surface area (Å²) in [5.74, 6) is -0.941. The molecule has 1 aliphatic heterocycles. The van der Waals surface area contributed by atoms with Gasteiger partial charge in [-0.05, 0) is 43.7 Å². The normalized spacial score (nSPS) is 19.4. The lowest BCUT2D eigenvalue weighted by atomic mass is 9.88. The van der Waals surface area contributed by atoms with Crippen molar-refractivity contribution in [3.05, 3.63) is 63.1 Å². The Labute approximate surface area is 149 Å². The Bertz CT molecular complexity index is 850. The number of carbonyl (C=O) groups excluding carboxylic acids is 2. The lowest BCUT2D eigenvalue weighted by Crippen LogP contribution is -2.49. The minimum Gasteiger partial charge on any atom is -0.445 e. The van der Waals surface area contributed by atoms with Gasteiger partial charge in [0.2, 0.25) is 0 Å². The van der Waals surface area contributed by atoms with Crippen molar-refractivity contribution >= 4 is 40.8 Å². The van der Waals surface area contributed by atoms with E-state index in [1.54, 1.807) is 25.1 Å². The van der Waals surface area contributed by atoms with Crippen molar-refractivity contribution in [2.75, 3.05) is 5.32 Å². The highest BCUT2D eigenvalue weighted by atomic mass is 35.5. The average Bonchev–Trinajstić information content (AvgIpc) is 2.49. The van der Waals surface area contributed by atoms with Gasteiger partial charge in [0.15, 0.2) is 5.60 Å². The summed E-state index contributed by atoms with van der Waals surface area (Å²) >= 11 is 11.9. The zero-order valence-electron chi connectivity index (χ0n) is 13.2. The number of amides is 1. The molecule has 1 unspecified atom stereocenters. The number of cyclic esters (lactones) is 1. The van der Waals surface area contributed by atoms with E-state index in [9.17, 15) is 9.59 Å². The van der Waals surface area contributed by atoms with Crippen LogP contribution in [0.3, 0.4) is 0 Å². The fourth-order valence-corrected chi connectivity index (χ4v) is 3.15. The number of fused-ring (bicyclic) bond motifs is 1. The molecule has 0 saturated heterocycles. The summed E-state index contributed by atoms with van der Waals surface area (Å²) in [6.45, 7) is 3.53. The third-order valence-electron chi connectivity index (χ3n) is 3.99. The van der Waals surface area contributed by atoms with E-state index in [4.69, 9.17) is 27.9 Å². The van der Waals surface area contributed by atoms with E-state index in [2.05, 4.69) is 5.32 Å². The molecule has 2 aromatic carbocycles. The molecule has 0 saturated carbocycles. The molecule has 1 heterocycles. The number of ether oxygens (including phenoxy) is 1. The summed E-state index contributed by atoms with van der Waals surface area (Å²) < 4.78 is 5.42. The first-order valence-corrected chi connectivity index (χ1v) is 8.13. The largest absolute Gasteiger partial charge is 0.445 e. The number of nitrogens with one attached hydrogen (secondary N) is 1. The molecule has 0 aliphatic carbocycles. The number of halogens is 2. The van der Waals surface area contributed by atoms with Gasteiger partial charge in [-0.2, -0.15) is 0 Å². The lowest BCUT2D eigenvalue weighted by Gasteiger charge is -2.33. The van der Waals surface area contributed by atoms with Crippen LogP contribution in [-0.2, 0) is 16.0 Å². The summed E-state index contributed by atoms with van der Waals surface area (Å²) in [5, 5.41) is 3.49. The monoisotopic (exact) mass is 363 g/mol. The summed E-state index contributed by atoms with van der Waals surface area (Å²) in [4.78, 5) is 24.9. The molecule has 6 heteroatoms. The summed E-state index contributed by atoms with van der Waals surface area (Å²) in [5.41, 5.74) is 1.42. The van der Waals surface area contributed by atoms with Gasteiger partial charge >= 0.3 is 5.97 Å². The Balaban J connectivity index is 1.88.